The SMILES string of the molecule is CCC(C)CCCCCCCCCCC(=O)O[C@H](COC(=O)CCCCCCCCCCC(C)C)COP(=O)(O)OCC(O)COP(=O)(O)OC[C@@H](COC(=O)CCCCCCCCC(C)C)OC(=O)CCCCCCCCCCC(C)CC. The molecule has 0 aromatic heterocycles. The number of esters is 4. The molecule has 0 heterocycles. The van der Waals surface area contributed by atoms with Gasteiger partial charge in [-0.05, 0) is 49.4 Å². The lowest BCUT2D eigenvalue weighted by Crippen LogP contribution is -2.30. The number of hydrogen-bond acceptors (Lipinski definition) is 15. The van der Waals surface area contributed by atoms with Gasteiger partial charge in [0, 0.05) is 25.7 Å². The summed E-state index contributed by atoms with van der Waals surface area (Å²) >= 11 is 0. The zero-order chi connectivity index (χ0) is 62.5. The van der Waals surface area contributed by atoms with Crippen molar-refractivity contribution < 1.29 is 80.2 Å². The third-order valence-electron chi connectivity index (χ3n) is 15.5. The molecule has 0 aliphatic carbocycles. The molecule has 0 aliphatic rings. The second-order valence-corrected chi connectivity index (χ2v) is 27.8. The van der Waals surface area contributed by atoms with Crippen LogP contribution in [0.15, 0.2) is 0 Å². The molecule has 5 unspecified atom stereocenters. The van der Waals surface area contributed by atoms with Gasteiger partial charge in [0.25, 0.3) is 0 Å². The van der Waals surface area contributed by atoms with E-state index in [4.69, 9.17) is 37.0 Å². The largest absolute Gasteiger partial charge is 0.472 e. The highest BCUT2D eigenvalue weighted by Crippen LogP contribution is 2.45. The first-order chi connectivity index (χ1) is 40.2. The number of ether oxygens (including phenoxy) is 4. The number of carbonyl (C=O) groups is 4. The van der Waals surface area contributed by atoms with Gasteiger partial charge >= 0.3 is 39.5 Å². The Bertz CT molecular complexity index is 1680. The van der Waals surface area contributed by atoms with Gasteiger partial charge in [-0.15, -0.1) is 0 Å². The molecule has 0 saturated heterocycles. The van der Waals surface area contributed by atoms with Crippen molar-refractivity contribution in [2.45, 2.75) is 331 Å². The molecule has 0 bridgehead atoms. The topological polar surface area (TPSA) is 237 Å². The lowest BCUT2D eigenvalue weighted by atomic mass is 9.99. The first-order valence-electron chi connectivity index (χ1n) is 33.8. The van der Waals surface area contributed by atoms with Gasteiger partial charge in [0.2, 0.25) is 0 Å². The Kier molecular flexibility index (Phi) is 53.9. The zero-order valence-electron chi connectivity index (χ0n) is 54.5. The van der Waals surface area contributed by atoms with Crippen molar-refractivity contribution in [1.29, 1.82) is 0 Å². The van der Waals surface area contributed by atoms with Crippen molar-refractivity contribution in [3.8, 4) is 0 Å². The summed E-state index contributed by atoms with van der Waals surface area (Å²) in [4.78, 5) is 72.3. The van der Waals surface area contributed by atoms with Gasteiger partial charge in [-0.3, -0.25) is 37.3 Å². The molecule has 7 atom stereocenters. The van der Waals surface area contributed by atoms with Crippen LogP contribution >= 0.6 is 15.6 Å². The van der Waals surface area contributed by atoms with E-state index in [1.54, 1.807) is 0 Å². The predicted octanol–water partition coefficient (Wildman–Crippen LogP) is 17.8. The van der Waals surface area contributed by atoms with Crippen LogP contribution in [0.3, 0.4) is 0 Å². The van der Waals surface area contributed by atoms with Crippen molar-refractivity contribution in [3.63, 3.8) is 0 Å². The highest BCUT2D eigenvalue weighted by atomic mass is 31.2. The minimum absolute atomic E-state index is 0.103. The molecule has 0 aromatic carbocycles. The quantitative estimate of drug-likeness (QED) is 0.0222. The summed E-state index contributed by atoms with van der Waals surface area (Å²) in [5.41, 5.74) is 0. The van der Waals surface area contributed by atoms with E-state index in [1.807, 2.05) is 0 Å². The summed E-state index contributed by atoms with van der Waals surface area (Å²) < 4.78 is 68.0. The van der Waals surface area contributed by atoms with Crippen LogP contribution in [0.5, 0.6) is 0 Å². The summed E-state index contributed by atoms with van der Waals surface area (Å²) in [6.45, 7) is 14.0. The van der Waals surface area contributed by atoms with Crippen LogP contribution in [0.4, 0.5) is 0 Å². The molecule has 0 radical (unpaired) electrons. The van der Waals surface area contributed by atoms with E-state index >= 15 is 0 Å². The van der Waals surface area contributed by atoms with Crippen LogP contribution in [-0.4, -0.2) is 96.7 Å². The Morgan fingerprint density at radius 3 is 0.845 bits per heavy atom. The summed E-state index contributed by atoms with van der Waals surface area (Å²) in [6, 6.07) is 0. The van der Waals surface area contributed by atoms with Crippen LogP contribution in [0.1, 0.15) is 312 Å². The average Bonchev–Trinajstić information content (AvgIpc) is 3.45. The molecule has 17 nitrogen and oxygen atoms in total. The van der Waals surface area contributed by atoms with Crippen LogP contribution in [0.2, 0.25) is 0 Å². The standard InChI is InChI=1S/C65H126O17P2/c1-9-57(7)43-35-27-18-12-15-21-31-39-47-64(69)81-60(51-75-62(67)45-37-29-20-14-11-17-25-33-41-55(3)4)53-79-83(71,72)77-49-59(66)50-78-84(73,74)80-54-61(52-76-63(68)46-38-30-24-23-26-34-42-56(5)6)82-65(70)48-40-32-22-16-13-19-28-36-44-58(8)10-2/h55-61,66H,9-54H2,1-8H3,(H,71,72)(H,73,74)/t57?,58?,59?,60-,61-/m1/s1. The number of aliphatic hydroxyl groups is 1. The molecule has 0 spiro atoms. The van der Waals surface area contributed by atoms with E-state index in [2.05, 4.69) is 55.4 Å². The second-order valence-electron chi connectivity index (χ2n) is 24.9. The molecule has 0 amide bonds. The number of phosphoric ester groups is 2. The van der Waals surface area contributed by atoms with Crippen molar-refractivity contribution in [1.82, 2.24) is 0 Å². The Morgan fingerprint density at radius 2 is 0.571 bits per heavy atom. The minimum Gasteiger partial charge on any atom is -0.462 e. The van der Waals surface area contributed by atoms with Crippen molar-refractivity contribution in [2.75, 3.05) is 39.6 Å². The fraction of sp³-hybridized carbons (Fsp3) is 0.938. The fourth-order valence-electron chi connectivity index (χ4n) is 9.54. The molecule has 0 fully saturated rings. The first kappa shape index (κ1) is 82.1. The molecule has 3 N–H and O–H groups in total. The molecule has 0 saturated carbocycles. The van der Waals surface area contributed by atoms with Gasteiger partial charge in [-0.1, -0.05) is 261 Å². The van der Waals surface area contributed by atoms with E-state index in [0.717, 1.165) is 114 Å². The van der Waals surface area contributed by atoms with Gasteiger partial charge in [0.05, 0.1) is 26.4 Å². The maximum atomic E-state index is 13.0. The monoisotopic (exact) mass is 1240 g/mol. The zero-order valence-corrected chi connectivity index (χ0v) is 56.3. The molecule has 0 aromatic rings. The molecule has 0 aliphatic heterocycles. The highest BCUT2D eigenvalue weighted by Gasteiger charge is 2.30. The summed E-state index contributed by atoms with van der Waals surface area (Å²) in [5, 5.41) is 10.5. The Hall–Kier alpha value is -1.94. The maximum absolute atomic E-state index is 13.0. The molecular weight excluding hydrogens is 1110 g/mol. The van der Waals surface area contributed by atoms with Crippen LogP contribution in [0, 0.1) is 23.7 Å². The lowest BCUT2D eigenvalue weighted by Gasteiger charge is -2.21. The second kappa shape index (κ2) is 55.2. The highest BCUT2D eigenvalue weighted by molar-refractivity contribution is 7.47. The van der Waals surface area contributed by atoms with E-state index < -0.39 is 97.5 Å². The molecule has 84 heavy (non-hydrogen) atoms. The number of rotatable bonds is 62. The van der Waals surface area contributed by atoms with E-state index in [-0.39, 0.29) is 25.7 Å². The molecular formula is C65H126O17P2. The molecule has 0 rings (SSSR count). The predicted molar refractivity (Wildman–Crippen MR) is 335 cm³/mol. The third-order valence-corrected chi connectivity index (χ3v) is 17.4. The van der Waals surface area contributed by atoms with Crippen LogP contribution < -0.4 is 0 Å². The van der Waals surface area contributed by atoms with Gasteiger partial charge in [0.1, 0.15) is 19.3 Å². The fourth-order valence-corrected chi connectivity index (χ4v) is 11.1. The Balaban J connectivity index is 5.27. The van der Waals surface area contributed by atoms with Gasteiger partial charge in [0.15, 0.2) is 12.2 Å². The number of phosphoric acid groups is 2. The summed E-state index contributed by atoms with van der Waals surface area (Å²) in [6.07, 6.45) is 34.9. The smallest absolute Gasteiger partial charge is 0.462 e. The van der Waals surface area contributed by atoms with Gasteiger partial charge in [-0.25, -0.2) is 9.13 Å². The lowest BCUT2D eigenvalue weighted by molar-refractivity contribution is -0.161. The van der Waals surface area contributed by atoms with E-state index in [0.29, 0.717) is 31.6 Å². The molecule has 19 heteroatoms. The molecule has 498 valence electrons. The van der Waals surface area contributed by atoms with Crippen LogP contribution in [0.25, 0.3) is 0 Å². The normalized spacial score (nSPS) is 15.1. The van der Waals surface area contributed by atoms with E-state index in [1.165, 1.54) is 109 Å². The number of aliphatic hydroxyl groups excluding tert-OH is 1. The third kappa shape index (κ3) is 56.6. The number of unbranched alkanes of at least 4 members (excludes halogenated alkanes) is 26. The maximum Gasteiger partial charge on any atom is 0.472 e. The summed E-state index contributed by atoms with van der Waals surface area (Å²) in [5.74, 6) is 0.804. The number of carbonyl (C=O) groups excluding carboxylic acids is 4. The minimum atomic E-state index is -4.95. The summed E-state index contributed by atoms with van der Waals surface area (Å²) in [7, 11) is -9.89. The van der Waals surface area contributed by atoms with Crippen molar-refractivity contribution in [2.24, 2.45) is 23.7 Å². The van der Waals surface area contributed by atoms with Gasteiger partial charge in [-0.2, -0.15) is 0 Å². The number of hydrogen-bond donors (Lipinski definition) is 3. The van der Waals surface area contributed by atoms with Crippen molar-refractivity contribution in [3.05, 3.63) is 0 Å². The van der Waals surface area contributed by atoms with E-state index in [9.17, 15) is 43.2 Å². The van der Waals surface area contributed by atoms with Crippen LogP contribution in [-0.2, 0) is 65.4 Å². The Labute approximate surface area is 511 Å². The van der Waals surface area contributed by atoms with Gasteiger partial charge < -0.3 is 33.8 Å². The Morgan fingerprint density at radius 1 is 0.333 bits per heavy atom. The van der Waals surface area contributed by atoms with Crippen molar-refractivity contribution >= 4 is 39.5 Å². The average molecular weight is 1240 g/mol. The first-order valence-corrected chi connectivity index (χ1v) is 36.8.